The molecule has 2 aromatic rings. The van der Waals surface area contributed by atoms with Crippen molar-refractivity contribution in [2.45, 2.75) is 108 Å². The molecule has 3 saturated carbocycles. The number of H-pyrrole nitrogens is 1. The Morgan fingerprint density at radius 2 is 1.19 bits per heavy atom. The van der Waals surface area contributed by atoms with E-state index in [1.165, 1.54) is 18.0 Å². The van der Waals surface area contributed by atoms with E-state index in [1.807, 2.05) is 18.2 Å². The molecule has 1 heterocycles. The molecule has 169 valence electrons. The Hall–Kier alpha value is -0.971. The first-order valence-electron chi connectivity index (χ1n) is 12.9. The summed E-state index contributed by atoms with van der Waals surface area (Å²) in [6.07, 6.45) is 25.7. The topological polar surface area (TPSA) is 53.1 Å². The van der Waals surface area contributed by atoms with Crippen LogP contribution in [0.4, 0.5) is 0 Å². The number of rotatable bonds is 4. The van der Waals surface area contributed by atoms with Crippen LogP contribution in [0.2, 0.25) is 11.8 Å². The molecule has 0 spiro atoms. The van der Waals surface area contributed by atoms with Gasteiger partial charge < -0.3 is 10.1 Å². The van der Waals surface area contributed by atoms with Crippen LogP contribution in [-0.4, -0.2) is 35.8 Å². The normalized spacial score (nSPS) is 21.7. The standard InChI is InChI=1S/C9H7NO2.3C6H11.Sn/c11-9(12)7-5-10-8-4-2-1-3-6(7)8;3*1-2-4-6-5-3-1;/h1-5,10H,(H,11,12);3*1H,2-6H2;. The van der Waals surface area contributed by atoms with Gasteiger partial charge in [0.25, 0.3) is 0 Å². The SMILES string of the molecule is C1CC[CH]([Sn]([CH]2CCCCC2)[CH]2CCCCC2)CC1.O=C(O)c1c[nH]c2ccccc12. The summed E-state index contributed by atoms with van der Waals surface area (Å²) < 4.78 is 3.96. The van der Waals surface area contributed by atoms with Crippen LogP contribution in [-0.2, 0) is 0 Å². The van der Waals surface area contributed by atoms with Crippen LogP contribution in [0.15, 0.2) is 30.5 Å². The smallest absolute Gasteiger partial charge is 0.337 e. The van der Waals surface area contributed by atoms with E-state index in [2.05, 4.69) is 4.98 Å². The third kappa shape index (κ3) is 6.09. The first-order chi connectivity index (χ1) is 15.2. The Morgan fingerprint density at radius 1 is 0.742 bits per heavy atom. The maximum absolute atomic E-state index is 10.7. The number of carbonyl (C=O) groups is 1. The van der Waals surface area contributed by atoms with Crippen molar-refractivity contribution >= 4 is 36.6 Å². The molecule has 0 atom stereocenters. The summed E-state index contributed by atoms with van der Waals surface area (Å²) in [4.78, 5) is 13.5. The zero-order chi connectivity index (χ0) is 21.5. The molecule has 3 fully saturated rings. The molecule has 3 aliphatic rings. The minimum Gasteiger partial charge on any atom is -0.478 e. The van der Waals surface area contributed by atoms with Gasteiger partial charge in [0.1, 0.15) is 0 Å². The number of carboxylic acids is 1. The molecule has 4 heteroatoms. The first-order valence-corrected chi connectivity index (χ1v) is 17.8. The average Bonchev–Trinajstić information content (AvgIpc) is 3.27. The van der Waals surface area contributed by atoms with Crippen LogP contribution in [0.1, 0.15) is 107 Å². The van der Waals surface area contributed by atoms with Gasteiger partial charge in [0, 0.05) is 17.1 Å². The molecule has 0 unspecified atom stereocenters. The average molecular weight is 529 g/mol. The minimum absolute atomic E-state index is 0.325. The molecule has 1 aromatic heterocycles. The van der Waals surface area contributed by atoms with Crippen molar-refractivity contribution < 1.29 is 9.90 Å². The summed E-state index contributed by atoms with van der Waals surface area (Å²) in [6.45, 7) is 0. The van der Waals surface area contributed by atoms with Crippen LogP contribution in [0.5, 0.6) is 0 Å². The molecule has 5 rings (SSSR count). The van der Waals surface area contributed by atoms with E-state index < -0.39 is 25.7 Å². The Bertz CT molecular complexity index is 771. The van der Waals surface area contributed by atoms with Crippen LogP contribution in [0.25, 0.3) is 10.9 Å². The van der Waals surface area contributed by atoms with Gasteiger partial charge in [-0.1, -0.05) is 18.2 Å². The van der Waals surface area contributed by atoms with Gasteiger partial charge >= 0.3 is 134 Å². The fourth-order valence-corrected chi connectivity index (χ4v) is 21.5. The Balaban J connectivity index is 0.000000166. The molecular formula is C27H40NO2Sn. The number of carboxylic acid groups (broad SMARTS) is 1. The molecule has 3 aliphatic carbocycles. The minimum atomic E-state index is -1.15. The number of hydrogen-bond acceptors (Lipinski definition) is 1. The predicted molar refractivity (Wildman–Crippen MR) is 132 cm³/mol. The predicted octanol–water partition coefficient (Wildman–Crippen LogP) is 8.35. The zero-order valence-electron chi connectivity index (χ0n) is 19.1. The van der Waals surface area contributed by atoms with E-state index in [9.17, 15) is 4.79 Å². The number of hydrogen-bond donors (Lipinski definition) is 2. The van der Waals surface area contributed by atoms with Crippen molar-refractivity contribution in [1.82, 2.24) is 4.98 Å². The van der Waals surface area contributed by atoms with E-state index >= 15 is 0 Å². The van der Waals surface area contributed by atoms with E-state index in [4.69, 9.17) is 5.11 Å². The van der Waals surface area contributed by atoms with Crippen molar-refractivity contribution in [3.05, 3.63) is 36.0 Å². The van der Waals surface area contributed by atoms with Gasteiger partial charge in [-0.25, -0.2) is 4.79 Å². The van der Waals surface area contributed by atoms with Gasteiger partial charge in [-0.2, -0.15) is 0 Å². The summed E-state index contributed by atoms with van der Waals surface area (Å²) >= 11 is -1.15. The number of fused-ring (bicyclic) bond motifs is 1. The largest absolute Gasteiger partial charge is 0.478 e. The molecule has 1 aromatic carbocycles. The summed E-state index contributed by atoms with van der Waals surface area (Å²) in [5.74, 6) is -0.896. The molecule has 31 heavy (non-hydrogen) atoms. The Labute approximate surface area is 195 Å². The number of para-hydroxylation sites is 1. The number of benzene rings is 1. The number of aromatic amines is 1. The first kappa shape index (κ1) is 23.2. The van der Waals surface area contributed by atoms with Gasteiger partial charge in [-0.05, 0) is 6.07 Å². The van der Waals surface area contributed by atoms with Crippen LogP contribution >= 0.6 is 0 Å². The van der Waals surface area contributed by atoms with Crippen LogP contribution < -0.4 is 0 Å². The van der Waals surface area contributed by atoms with E-state index in [0.717, 1.165) is 10.9 Å². The second-order valence-electron chi connectivity index (χ2n) is 10.1. The molecule has 0 amide bonds. The summed E-state index contributed by atoms with van der Waals surface area (Å²) in [5, 5.41) is 9.51. The third-order valence-electron chi connectivity index (χ3n) is 8.05. The summed E-state index contributed by atoms with van der Waals surface area (Å²) in [5.41, 5.74) is 1.18. The fourth-order valence-electron chi connectivity index (χ4n) is 6.56. The molecule has 1 radical (unpaired) electrons. The maximum Gasteiger partial charge on any atom is 0.337 e. The van der Waals surface area contributed by atoms with Gasteiger partial charge in [0.2, 0.25) is 0 Å². The molecular weight excluding hydrogens is 489 g/mol. The van der Waals surface area contributed by atoms with Crippen molar-refractivity contribution in [2.75, 3.05) is 0 Å². The molecule has 0 saturated heterocycles. The summed E-state index contributed by atoms with van der Waals surface area (Å²) in [7, 11) is 0. The number of nitrogens with one attached hydrogen (secondary N) is 1. The monoisotopic (exact) mass is 530 g/mol. The van der Waals surface area contributed by atoms with E-state index in [-0.39, 0.29) is 0 Å². The zero-order valence-corrected chi connectivity index (χ0v) is 21.9. The van der Waals surface area contributed by atoms with Crippen molar-refractivity contribution in [2.24, 2.45) is 0 Å². The maximum atomic E-state index is 10.7. The number of aromatic nitrogens is 1. The fraction of sp³-hybridized carbons (Fsp3) is 0.667. The van der Waals surface area contributed by atoms with Gasteiger partial charge in [0.05, 0.1) is 5.56 Å². The second kappa shape index (κ2) is 11.8. The van der Waals surface area contributed by atoms with Gasteiger partial charge in [0.15, 0.2) is 0 Å². The van der Waals surface area contributed by atoms with Gasteiger partial charge in [-0.15, -0.1) is 0 Å². The second-order valence-corrected chi connectivity index (χ2v) is 19.9. The summed E-state index contributed by atoms with van der Waals surface area (Å²) in [6, 6.07) is 7.32. The van der Waals surface area contributed by atoms with E-state index in [0.29, 0.717) is 5.56 Å². The van der Waals surface area contributed by atoms with Crippen molar-refractivity contribution in [3.8, 4) is 0 Å². The Kier molecular flexibility index (Phi) is 8.80. The van der Waals surface area contributed by atoms with Crippen molar-refractivity contribution in [3.63, 3.8) is 0 Å². The quantitative estimate of drug-likeness (QED) is 0.391. The molecule has 2 N–H and O–H groups in total. The molecule has 0 bridgehead atoms. The van der Waals surface area contributed by atoms with E-state index in [1.54, 1.807) is 102 Å². The van der Waals surface area contributed by atoms with Crippen LogP contribution in [0, 0.1) is 0 Å². The Morgan fingerprint density at radius 3 is 1.65 bits per heavy atom. The third-order valence-corrected chi connectivity index (χ3v) is 21.1. The molecule has 0 aliphatic heterocycles. The number of aromatic carboxylic acids is 1. The van der Waals surface area contributed by atoms with Crippen LogP contribution in [0.3, 0.4) is 0 Å². The van der Waals surface area contributed by atoms with Crippen molar-refractivity contribution in [1.29, 1.82) is 0 Å². The molecule has 3 nitrogen and oxygen atoms in total. The van der Waals surface area contributed by atoms with Gasteiger partial charge in [-0.3, -0.25) is 0 Å².